The molecule has 0 atom stereocenters. The standard InChI is InChI=1S/C21H20O3S/c1-4-25-20-8-6-17(7-9-20)21(24)10-5-16-11-18(14(2)22)13-19(12-16)15(3)23/h5-13H,4H2,1-3H3. The van der Waals surface area contributed by atoms with Crippen LogP contribution in [0.15, 0.2) is 53.4 Å². The molecular weight excluding hydrogens is 332 g/mol. The summed E-state index contributed by atoms with van der Waals surface area (Å²) in [6, 6.07) is 12.4. The van der Waals surface area contributed by atoms with E-state index < -0.39 is 0 Å². The fraction of sp³-hybridized carbons (Fsp3) is 0.190. The van der Waals surface area contributed by atoms with Crippen molar-refractivity contribution in [1.29, 1.82) is 0 Å². The molecule has 0 saturated carbocycles. The van der Waals surface area contributed by atoms with Crippen molar-refractivity contribution in [2.75, 3.05) is 5.75 Å². The molecule has 0 aromatic heterocycles. The number of rotatable bonds is 7. The lowest BCUT2D eigenvalue weighted by Crippen LogP contribution is -1.99. The molecule has 25 heavy (non-hydrogen) atoms. The number of hydrogen-bond acceptors (Lipinski definition) is 4. The third-order valence-electron chi connectivity index (χ3n) is 3.65. The van der Waals surface area contributed by atoms with Crippen molar-refractivity contribution in [3.63, 3.8) is 0 Å². The summed E-state index contributed by atoms with van der Waals surface area (Å²) in [6.07, 6.45) is 3.10. The zero-order valence-corrected chi connectivity index (χ0v) is 15.4. The zero-order valence-electron chi connectivity index (χ0n) is 14.5. The normalized spacial score (nSPS) is 10.8. The number of allylic oxidation sites excluding steroid dienone is 1. The summed E-state index contributed by atoms with van der Waals surface area (Å²) < 4.78 is 0. The van der Waals surface area contributed by atoms with Crippen molar-refractivity contribution in [3.8, 4) is 0 Å². The molecule has 0 heterocycles. The van der Waals surface area contributed by atoms with E-state index in [4.69, 9.17) is 0 Å². The van der Waals surface area contributed by atoms with Gasteiger partial charge >= 0.3 is 0 Å². The minimum absolute atomic E-state index is 0.118. The van der Waals surface area contributed by atoms with E-state index >= 15 is 0 Å². The number of benzene rings is 2. The number of ketones is 3. The summed E-state index contributed by atoms with van der Waals surface area (Å²) in [5, 5.41) is 0. The lowest BCUT2D eigenvalue weighted by Gasteiger charge is -2.03. The Labute approximate surface area is 152 Å². The van der Waals surface area contributed by atoms with E-state index in [0.717, 1.165) is 10.6 Å². The molecule has 0 amide bonds. The summed E-state index contributed by atoms with van der Waals surface area (Å²) in [5.74, 6) is 0.630. The Morgan fingerprint density at radius 3 is 1.92 bits per heavy atom. The van der Waals surface area contributed by atoms with Crippen LogP contribution in [0.1, 0.15) is 57.4 Å². The van der Waals surface area contributed by atoms with Gasteiger partial charge in [0.2, 0.25) is 0 Å². The van der Waals surface area contributed by atoms with Gasteiger partial charge in [-0.15, -0.1) is 11.8 Å². The van der Waals surface area contributed by atoms with Gasteiger partial charge in [-0.05, 0) is 73.7 Å². The molecule has 0 saturated heterocycles. The molecule has 2 rings (SSSR count). The number of carbonyl (C=O) groups is 3. The average Bonchev–Trinajstić information content (AvgIpc) is 2.60. The molecule has 0 aliphatic heterocycles. The molecule has 0 aliphatic rings. The molecule has 0 aliphatic carbocycles. The summed E-state index contributed by atoms with van der Waals surface area (Å²) >= 11 is 1.72. The van der Waals surface area contributed by atoms with Crippen LogP contribution in [0.4, 0.5) is 0 Å². The first kappa shape index (κ1) is 18.9. The maximum Gasteiger partial charge on any atom is 0.185 e. The second-order valence-corrected chi connectivity index (χ2v) is 6.95. The first-order valence-electron chi connectivity index (χ1n) is 8.03. The van der Waals surface area contributed by atoms with Crippen LogP contribution in [-0.4, -0.2) is 23.1 Å². The number of thioether (sulfide) groups is 1. The highest BCUT2D eigenvalue weighted by atomic mass is 32.2. The van der Waals surface area contributed by atoms with Gasteiger partial charge in [0.1, 0.15) is 0 Å². The van der Waals surface area contributed by atoms with Crippen molar-refractivity contribution in [2.45, 2.75) is 25.7 Å². The maximum atomic E-state index is 12.3. The van der Waals surface area contributed by atoms with Crippen molar-refractivity contribution >= 4 is 35.2 Å². The van der Waals surface area contributed by atoms with Gasteiger partial charge in [-0.2, -0.15) is 0 Å². The molecule has 2 aromatic rings. The monoisotopic (exact) mass is 352 g/mol. The quantitative estimate of drug-likeness (QED) is 0.395. The Bertz CT molecular complexity index is 800. The van der Waals surface area contributed by atoms with Crippen LogP contribution in [0.3, 0.4) is 0 Å². The molecule has 3 nitrogen and oxygen atoms in total. The Hall–Kier alpha value is -2.46. The smallest absolute Gasteiger partial charge is 0.185 e. The fourth-order valence-electron chi connectivity index (χ4n) is 2.30. The van der Waals surface area contributed by atoms with Crippen LogP contribution in [0.2, 0.25) is 0 Å². The molecule has 0 radical (unpaired) electrons. The molecule has 128 valence electrons. The average molecular weight is 352 g/mol. The van der Waals surface area contributed by atoms with Gasteiger partial charge in [-0.3, -0.25) is 14.4 Å². The zero-order chi connectivity index (χ0) is 18.4. The van der Waals surface area contributed by atoms with E-state index in [1.165, 1.54) is 19.9 Å². The second kappa shape index (κ2) is 8.58. The van der Waals surface area contributed by atoms with Crippen LogP contribution >= 0.6 is 11.8 Å². The second-order valence-electron chi connectivity index (χ2n) is 5.61. The number of Topliss-reactive ketones (excluding diaryl/α,β-unsaturated/α-hetero) is 2. The molecule has 0 N–H and O–H groups in total. The molecule has 0 bridgehead atoms. The van der Waals surface area contributed by atoms with Crippen LogP contribution in [0, 0.1) is 0 Å². The maximum absolute atomic E-state index is 12.3. The Kier molecular flexibility index (Phi) is 6.48. The number of carbonyl (C=O) groups excluding carboxylic acids is 3. The summed E-state index contributed by atoms with van der Waals surface area (Å²) in [6.45, 7) is 4.98. The summed E-state index contributed by atoms with van der Waals surface area (Å²) in [4.78, 5) is 36.7. The van der Waals surface area contributed by atoms with Crippen molar-refractivity contribution in [3.05, 3.63) is 70.8 Å². The minimum atomic E-state index is -0.120. The van der Waals surface area contributed by atoms with E-state index in [0.29, 0.717) is 22.3 Å². The topological polar surface area (TPSA) is 51.2 Å². The fourth-order valence-corrected chi connectivity index (χ4v) is 2.97. The predicted octanol–water partition coefficient (Wildman–Crippen LogP) is 5.10. The van der Waals surface area contributed by atoms with Gasteiger partial charge in [0, 0.05) is 21.6 Å². The van der Waals surface area contributed by atoms with Crippen LogP contribution in [0.5, 0.6) is 0 Å². The Balaban J connectivity index is 2.24. The van der Waals surface area contributed by atoms with Gasteiger partial charge in [-0.25, -0.2) is 0 Å². The lowest BCUT2D eigenvalue weighted by molar-refractivity contribution is 0.101. The lowest BCUT2D eigenvalue weighted by atomic mass is 10.0. The highest BCUT2D eigenvalue weighted by Crippen LogP contribution is 2.18. The third-order valence-corrected chi connectivity index (χ3v) is 4.54. The van der Waals surface area contributed by atoms with Crippen LogP contribution in [0.25, 0.3) is 6.08 Å². The number of hydrogen-bond donors (Lipinski definition) is 0. The Morgan fingerprint density at radius 1 is 0.880 bits per heavy atom. The highest BCUT2D eigenvalue weighted by Gasteiger charge is 2.07. The van der Waals surface area contributed by atoms with E-state index in [1.807, 2.05) is 12.1 Å². The minimum Gasteiger partial charge on any atom is -0.295 e. The molecule has 0 fully saturated rings. The van der Waals surface area contributed by atoms with Crippen molar-refractivity contribution in [1.82, 2.24) is 0 Å². The first-order chi connectivity index (χ1) is 11.9. The van der Waals surface area contributed by atoms with E-state index in [1.54, 1.807) is 48.2 Å². The van der Waals surface area contributed by atoms with Gasteiger partial charge in [0.15, 0.2) is 17.3 Å². The van der Waals surface area contributed by atoms with E-state index in [2.05, 4.69) is 6.92 Å². The predicted molar refractivity (Wildman–Crippen MR) is 103 cm³/mol. The SMILES string of the molecule is CCSc1ccc(C(=O)C=Cc2cc(C(C)=O)cc(C(C)=O)c2)cc1. The van der Waals surface area contributed by atoms with Crippen LogP contribution in [-0.2, 0) is 0 Å². The summed E-state index contributed by atoms with van der Waals surface area (Å²) in [7, 11) is 0. The third kappa shape index (κ3) is 5.26. The van der Waals surface area contributed by atoms with Crippen LogP contribution < -0.4 is 0 Å². The molecular formula is C21H20O3S. The van der Waals surface area contributed by atoms with E-state index in [9.17, 15) is 14.4 Å². The highest BCUT2D eigenvalue weighted by molar-refractivity contribution is 7.99. The van der Waals surface area contributed by atoms with Gasteiger partial charge in [0.05, 0.1) is 0 Å². The molecule has 2 aromatic carbocycles. The van der Waals surface area contributed by atoms with Gasteiger partial charge < -0.3 is 0 Å². The van der Waals surface area contributed by atoms with Crippen molar-refractivity contribution in [2.24, 2.45) is 0 Å². The Morgan fingerprint density at radius 2 is 1.44 bits per heavy atom. The first-order valence-corrected chi connectivity index (χ1v) is 9.01. The van der Waals surface area contributed by atoms with Crippen molar-refractivity contribution < 1.29 is 14.4 Å². The molecule has 4 heteroatoms. The molecule has 0 spiro atoms. The largest absolute Gasteiger partial charge is 0.295 e. The van der Waals surface area contributed by atoms with E-state index in [-0.39, 0.29) is 17.3 Å². The summed E-state index contributed by atoms with van der Waals surface area (Å²) in [5.41, 5.74) is 2.18. The van der Waals surface area contributed by atoms with Gasteiger partial charge in [-0.1, -0.05) is 13.0 Å². The van der Waals surface area contributed by atoms with Gasteiger partial charge in [0.25, 0.3) is 0 Å². The molecule has 0 unspecified atom stereocenters.